The zero-order chi connectivity index (χ0) is 9.53. The molecule has 0 aliphatic heterocycles. The fraction of sp³-hybridized carbons (Fsp3) is 1.00. The van der Waals surface area contributed by atoms with Crippen LogP contribution in [0.15, 0.2) is 0 Å². The summed E-state index contributed by atoms with van der Waals surface area (Å²) in [6, 6.07) is 0. The summed E-state index contributed by atoms with van der Waals surface area (Å²) in [4.78, 5) is 0. The van der Waals surface area contributed by atoms with Crippen molar-refractivity contribution in [3.05, 3.63) is 0 Å². The Morgan fingerprint density at radius 3 is 2.69 bits per heavy atom. The molecule has 2 fully saturated rings. The molecule has 0 spiro atoms. The summed E-state index contributed by atoms with van der Waals surface area (Å²) in [7, 11) is 0. The molecular weight excluding hydrogens is 164 g/mol. The fourth-order valence-corrected chi connectivity index (χ4v) is 3.29. The SMILES string of the molecule is C[C@@]1(O)CC[C@@H]2CCC[C@@]1(CO)C2. The number of rotatable bonds is 1. The molecule has 0 amide bonds. The van der Waals surface area contributed by atoms with Crippen LogP contribution in [0.1, 0.15) is 45.4 Å². The van der Waals surface area contributed by atoms with E-state index in [-0.39, 0.29) is 12.0 Å². The molecule has 2 heteroatoms. The fourth-order valence-electron chi connectivity index (χ4n) is 3.29. The Balaban J connectivity index is 2.25. The van der Waals surface area contributed by atoms with Crippen LogP contribution in [0.3, 0.4) is 0 Å². The maximum Gasteiger partial charge on any atom is 0.0697 e. The molecule has 0 radical (unpaired) electrons. The Morgan fingerprint density at radius 2 is 2.08 bits per heavy atom. The van der Waals surface area contributed by atoms with E-state index in [9.17, 15) is 10.2 Å². The lowest BCUT2D eigenvalue weighted by Gasteiger charge is -2.53. The van der Waals surface area contributed by atoms with E-state index in [1.807, 2.05) is 6.92 Å². The average molecular weight is 184 g/mol. The minimum atomic E-state index is -0.626. The third-order valence-electron chi connectivity index (χ3n) is 4.43. The van der Waals surface area contributed by atoms with E-state index in [0.29, 0.717) is 0 Å². The first-order valence-corrected chi connectivity index (χ1v) is 5.43. The van der Waals surface area contributed by atoms with Gasteiger partial charge in [0.05, 0.1) is 12.2 Å². The highest BCUT2D eigenvalue weighted by atomic mass is 16.3. The van der Waals surface area contributed by atoms with Crippen molar-refractivity contribution in [1.29, 1.82) is 0 Å². The normalized spacial score (nSPS) is 50.5. The van der Waals surface area contributed by atoms with E-state index in [1.165, 1.54) is 12.8 Å². The predicted octanol–water partition coefficient (Wildman–Crippen LogP) is 1.70. The molecule has 76 valence electrons. The first-order chi connectivity index (χ1) is 6.10. The average Bonchev–Trinajstić information content (AvgIpc) is 2.13. The molecule has 0 unspecified atom stereocenters. The van der Waals surface area contributed by atoms with Crippen molar-refractivity contribution in [3.8, 4) is 0 Å². The molecule has 2 saturated carbocycles. The van der Waals surface area contributed by atoms with Crippen molar-refractivity contribution >= 4 is 0 Å². The van der Waals surface area contributed by atoms with Gasteiger partial charge in [0.2, 0.25) is 0 Å². The lowest BCUT2D eigenvalue weighted by Crippen LogP contribution is -2.54. The number of hydrogen-bond donors (Lipinski definition) is 2. The van der Waals surface area contributed by atoms with E-state index < -0.39 is 5.60 Å². The summed E-state index contributed by atoms with van der Waals surface area (Å²) in [6.45, 7) is 2.07. The lowest BCUT2D eigenvalue weighted by atomic mass is 9.55. The van der Waals surface area contributed by atoms with Crippen molar-refractivity contribution < 1.29 is 10.2 Å². The van der Waals surface area contributed by atoms with Crippen molar-refractivity contribution in [2.45, 2.75) is 51.0 Å². The first-order valence-electron chi connectivity index (χ1n) is 5.43. The smallest absolute Gasteiger partial charge is 0.0697 e. The Hall–Kier alpha value is -0.0800. The monoisotopic (exact) mass is 184 g/mol. The maximum absolute atomic E-state index is 10.3. The van der Waals surface area contributed by atoms with Crippen molar-refractivity contribution in [2.75, 3.05) is 6.61 Å². The molecule has 13 heavy (non-hydrogen) atoms. The van der Waals surface area contributed by atoms with Gasteiger partial charge >= 0.3 is 0 Å². The molecule has 2 aliphatic rings. The van der Waals surface area contributed by atoms with Crippen LogP contribution in [0.4, 0.5) is 0 Å². The Labute approximate surface area is 80.0 Å². The Bertz CT molecular complexity index is 200. The molecule has 0 aromatic carbocycles. The number of aliphatic hydroxyl groups is 2. The van der Waals surface area contributed by atoms with Gasteiger partial charge in [-0.1, -0.05) is 12.8 Å². The van der Waals surface area contributed by atoms with Crippen LogP contribution in [0, 0.1) is 11.3 Å². The zero-order valence-electron chi connectivity index (χ0n) is 8.42. The van der Waals surface area contributed by atoms with Crippen molar-refractivity contribution in [3.63, 3.8) is 0 Å². The quantitative estimate of drug-likeness (QED) is 0.651. The molecular formula is C11H20O2. The highest BCUT2D eigenvalue weighted by Crippen LogP contribution is 2.53. The topological polar surface area (TPSA) is 40.5 Å². The van der Waals surface area contributed by atoms with E-state index in [2.05, 4.69) is 0 Å². The number of hydrogen-bond acceptors (Lipinski definition) is 2. The van der Waals surface area contributed by atoms with Crippen LogP contribution in [0.25, 0.3) is 0 Å². The van der Waals surface area contributed by atoms with Gasteiger partial charge in [0.25, 0.3) is 0 Å². The van der Waals surface area contributed by atoms with Gasteiger partial charge < -0.3 is 10.2 Å². The minimum absolute atomic E-state index is 0.163. The Kier molecular flexibility index (Phi) is 2.16. The highest BCUT2D eigenvalue weighted by Gasteiger charge is 2.52. The van der Waals surface area contributed by atoms with Gasteiger partial charge in [-0.2, -0.15) is 0 Å². The summed E-state index contributed by atoms with van der Waals surface area (Å²) in [5.74, 6) is 0.765. The maximum atomic E-state index is 10.3. The molecule has 0 saturated heterocycles. The minimum Gasteiger partial charge on any atom is -0.396 e. The van der Waals surface area contributed by atoms with Crippen LogP contribution in [0.2, 0.25) is 0 Å². The number of fused-ring (bicyclic) bond motifs is 2. The molecule has 2 bridgehead atoms. The summed E-state index contributed by atoms with van der Waals surface area (Å²) in [6.07, 6.45) is 6.55. The third kappa shape index (κ3) is 1.31. The molecule has 2 N–H and O–H groups in total. The van der Waals surface area contributed by atoms with E-state index in [1.54, 1.807) is 0 Å². The van der Waals surface area contributed by atoms with Crippen LogP contribution in [-0.2, 0) is 0 Å². The first kappa shape index (κ1) is 9.47. The van der Waals surface area contributed by atoms with E-state index in [0.717, 1.165) is 31.6 Å². The molecule has 2 nitrogen and oxygen atoms in total. The predicted molar refractivity (Wildman–Crippen MR) is 51.3 cm³/mol. The second-order valence-electron chi connectivity index (χ2n) is 5.21. The Morgan fingerprint density at radius 1 is 1.31 bits per heavy atom. The van der Waals surface area contributed by atoms with E-state index in [4.69, 9.17) is 0 Å². The second kappa shape index (κ2) is 2.96. The van der Waals surface area contributed by atoms with Gasteiger partial charge in [0, 0.05) is 5.41 Å². The lowest BCUT2D eigenvalue weighted by molar-refractivity contribution is -0.155. The van der Waals surface area contributed by atoms with Crippen LogP contribution >= 0.6 is 0 Å². The summed E-state index contributed by atoms with van der Waals surface area (Å²) in [5.41, 5.74) is -0.799. The molecule has 0 aromatic heterocycles. The highest BCUT2D eigenvalue weighted by molar-refractivity contribution is 5.02. The van der Waals surface area contributed by atoms with Gasteiger partial charge in [0.15, 0.2) is 0 Å². The van der Waals surface area contributed by atoms with Crippen molar-refractivity contribution in [1.82, 2.24) is 0 Å². The summed E-state index contributed by atoms with van der Waals surface area (Å²) >= 11 is 0. The number of aliphatic hydroxyl groups excluding tert-OH is 1. The molecule has 3 atom stereocenters. The van der Waals surface area contributed by atoms with Crippen molar-refractivity contribution in [2.24, 2.45) is 11.3 Å². The van der Waals surface area contributed by atoms with E-state index >= 15 is 0 Å². The second-order valence-corrected chi connectivity index (χ2v) is 5.21. The molecule has 0 aromatic rings. The van der Waals surface area contributed by atoms with Gasteiger partial charge in [0.1, 0.15) is 0 Å². The van der Waals surface area contributed by atoms with Gasteiger partial charge in [-0.25, -0.2) is 0 Å². The van der Waals surface area contributed by atoms with Gasteiger partial charge in [-0.3, -0.25) is 0 Å². The van der Waals surface area contributed by atoms with Crippen LogP contribution in [-0.4, -0.2) is 22.4 Å². The third-order valence-corrected chi connectivity index (χ3v) is 4.43. The summed E-state index contributed by atoms with van der Waals surface area (Å²) in [5, 5.41) is 19.7. The van der Waals surface area contributed by atoms with Crippen LogP contribution in [0.5, 0.6) is 0 Å². The molecule has 2 aliphatic carbocycles. The molecule has 0 heterocycles. The van der Waals surface area contributed by atoms with Crippen LogP contribution < -0.4 is 0 Å². The summed E-state index contributed by atoms with van der Waals surface area (Å²) < 4.78 is 0. The largest absolute Gasteiger partial charge is 0.396 e. The van der Waals surface area contributed by atoms with Gasteiger partial charge in [-0.05, 0) is 38.5 Å². The zero-order valence-corrected chi connectivity index (χ0v) is 8.42. The standard InChI is InChI=1S/C11H20O2/c1-10(13)6-4-9-3-2-5-11(10,7-9)8-12/h9,12-13H,2-8H2,1H3/t9-,10+,11-/m0/s1. The molecule has 2 rings (SSSR count). The van der Waals surface area contributed by atoms with Gasteiger partial charge in [-0.15, -0.1) is 0 Å².